The van der Waals surface area contributed by atoms with Crippen molar-refractivity contribution in [2.24, 2.45) is 5.92 Å². The fourth-order valence-electron chi connectivity index (χ4n) is 4.29. The molecule has 0 aliphatic carbocycles. The fourth-order valence-corrected chi connectivity index (χ4v) is 4.29. The second-order valence-electron chi connectivity index (χ2n) is 8.77. The van der Waals surface area contributed by atoms with E-state index in [-0.39, 0.29) is 5.92 Å². The number of rotatable bonds is 9. The summed E-state index contributed by atoms with van der Waals surface area (Å²) in [4.78, 5) is 13.6. The van der Waals surface area contributed by atoms with Gasteiger partial charge in [-0.3, -0.25) is 9.69 Å². The Morgan fingerprint density at radius 2 is 1.97 bits per heavy atom. The number of allylic oxidation sites excluding steroid dienone is 2. The molecule has 4 nitrogen and oxygen atoms in total. The van der Waals surface area contributed by atoms with Gasteiger partial charge in [-0.05, 0) is 73.6 Å². The number of nitrogens with zero attached hydrogens (tertiary/aromatic N) is 1. The third kappa shape index (κ3) is 6.69. The normalized spacial score (nSPS) is 17.6. The summed E-state index contributed by atoms with van der Waals surface area (Å²) in [7, 11) is 0. The van der Waals surface area contributed by atoms with Crippen LogP contribution in [-0.2, 0) is 16.1 Å². The van der Waals surface area contributed by atoms with Crippen LogP contribution in [0.5, 0.6) is 0 Å². The average Bonchev–Trinajstić information content (AvgIpc) is 2.83. The van der Waals surface area contributed by atoms with Crippen LogP contribution in [-0.4, -0.2) is 35.6 Å². The molecule has 1 saturated heterocycles. The number of ether oxygens (including phenoxy) is 1. The molecule has 4 heteroatoms. The van der Waals surface area contributed by atoms with Gasteiger partial charge in [-0.1, -0.05) is 67.3 Å². The van der Waals surface area contributed by atoms with E-state index in [1.54, 1.807) is 0 Å². The predicted octanol–water partition coefficient (Wildman–Crippen LogP) is 6.38. The highest BCUT2D eigenvalue weighted by Gasteiger charge is 2.25. The van der Waals surface area contributed by atoms with Gasteiger partial charge in [0.05, 0.1) is 5.92 Å². The molecule has 0 amide bonds. The summed E-state index contributed by atoms with van der Waals surface area (Å²) < 4.78 is 6.06. The standard InChI is InChI=1S/C29H35NO3/c1-5-24(18-30-16-10-14-26(19-30)29(31)32)17-21(2)23(4)33-20-27-13-9-15-28(22(27)3)25-11-7-6-8-12-25/h5-9,11-13,15,17,26H,4,10,14,16,18-20H2,1-3H3,(H,31,32)/b21-17-,24-5+/t26-/m1/s1. The first kappa shape index (κ1) is 24.5. The number of likely N-dealkylation sites (tertiary alicyclic amines) is 1. The molecule has 0 spiro atoms. The van der Waals surface area contributed by atoms with Crippen molar-refractivity contribution in [3.8, 4) is 11.1 Å². The third-order valence-corrected chi connectivity index (χ3v) is 6.41. The van der Waals surface area contributed by atoms with Gasteiger partial charge < -0.3 is 9.84 Å². The molecule has 2 aromatic carbocycles. The van der Waals surface area contributed by atoms with Crippen molar-refractivity contribution < 1.29 is 14.6 Å². The Hall–Kier alpha value is -3.11. The molecular formula is C29H35NO3. The van der Waals surface area contributed by atoms with Crippen LogP contribution in [0.2, 0.25) is 0 Å². The molecular weight excluding hydrogens is 410 g/mol. The van der Waals surface area contributed by atoms with Gasteiger partial charge in [0.1, 0.15) is 12.4 Å². The van der Waals surface area contributed by atoms with Gasteiger partial charge in [0.15, 0.2) is 0 Å². The average molecular weight is 446 g/mol. The van der Waals surface area contributed by atoms with Crippen molar-refractivity contribution in [3.05, 3.63) is 95.3 Å². The summed E-state index contributed by atoms with van der Waals surface area (Å²) in [5, 5.41) is 9.34. The third-order valence-electron chi connectivity index (χ3n) is 6.41. The van der Waals surface area contributed by atoms with E-state index in [1.807, 2.05) is 19.9 Å². The number of carbonyl (C=O) groups is 1. The van der Waals surface area contributed by atoms with Crippen molar-refractivity contribution >= 4 is 5.97 Å². The zero-order chi connectivity index (χ0) is 23.8. The number of hydrogen-bond donors (Lipinski definition) is 1. The van der Waals surface area contributed by atoms with Crippen LogP contribution in [0, 0.1) is 12.8 Å². The maximum absolute atomic E-state index is 11.4. The largest absolute Gasteiger partial charge is 0.489 e. The Morgan fingerprint density at radius 3 is 2.67 bits per heavy atom. The van der Waals surface area contributed by atoms with E-state index < -0.39 is 5.97 Å². The summed E-state index contributed by atoms with van der Waals surface area (Å²) in [6.07, 6.45) is 5.86. The highest BCUT2D eigenvalue weighted by atomic mass is 16.5. The summed E-state index contributed by atoms with van der Waals surface area (Å²) in [5.41, 5.74) is 6.89. The molecule has 174 valence electrons. The van der Waals surface area contributed by atoms with E-state index in [0.717, 1.165) is 42.6 Å². The zero-order valence-electron chi connectivity index (χ0n) is 20.0. The fraction of sp³-hybridized carbons (Fsp3) is 0.345. The lowest BCUT2D eigenvalue weighted by atomic mass is 9.97. The van der Waals surface area contributed by atoms with Crippen LogP contribution in [0.4, 0.5) is 0 Å². The van der Waals surface area contributed by atoms with E-state index >= 15 is 0 Å². The van der Waals surface area contributed by atoms with Crippen LogP contribution in [0.15, 0.2) is 84.2 Å². The minimum Gasteiger partial charge on any atom is -0.489 e. The van der Waals surface area contributed by atoms with Crippen LogP contribution >= 0.6 is 0 Å². The second-order valence-corrected chi connectivity index (χ2v) is 8.77. The predicted molar refractivity (Wildman–Crippen MR) is 135 cm³/mol. The number of carboxylic acid groups (broad SMARTS) is 1. The number of benzene rings is 2. The van der Waals surface area contributed by atoms with E-state index in [2.05, 4.69) is 73.0 Å². The second kappa shape index (κ2) is 11.7. The topological polar surface area (TPSA) is 49.8 Å². The molecule has 0 aromatic heterocycles. The summed E-state index contributed by atoms with van der Waals surface area (Å²) in [6, 6.07) is 16.7. The molecule has 1 fully saturated rings. The molecule has 0 radical (unpaired) electrons. The SMILES string of the molecule is C=C(OCc1cccc(-c2ccccc2)c1C)/C(C)=C\C(=C/C)CN1CCC[C@@H](C(=O)O)C1. The summed E-state index contributed by atoms with van der Waals surface area (Å²) in [5.74, 6) is -0.308. The lowest BCUT2D eigenvalue weighted by Gasteiger charge is -2.31. The van der Waals surface area contributed by atoms with Crippen LogP contribution in [0.1, 0.15) is 37.8 Å². The maximum Gasteiger partial charge on any atom is 0.307 e. The molecule has 1 aliphatic heterocycles. The van der Waals surface area contributed by atoms with Crippen molar-refractivity contribution in [1.29, 1.82) is 0 Å². The molecule has 33 heavy (non-hydrogen) atoms. The molecule has 3 rings (SSSR count). The molecule has 1 aliphatic rings. The van der Waals surface area contributed by atoms with Crippen molar-refractivity contribution in [2.45, 2.75) is 40.2 Å². The van der Waals surface area contributed by atoms with E-state index in [9.17, 15) is 9.90 Å². The Balaban J connectivity index is 1.61. The van der Waals surface area contributed by atoms with Crippen LogP contribution in [0.25, 0.3) is 11.1 Å². The van der Waals surface area contributed by atoms with Crippen molar-refractivity contribution in [1.82, 2.24) is 4.90 Å². The monoisotopic (exact) mass is 445 g/mol. The number of piperidine rings is 1. The molecule has 0 bridgehead atoms. The van der Waals surface area contributed by atoms with Crippen LogP contribution < -0.4 is 0 Å². The van der Waals surface area contributed by atoms with Gasteiger partial charge in [0.25, 0.3) is 0 Å². The van der Waals surface area contributed by atoms with Crippen molar-refractivity contribution in [3.63, 3.8) is 0 Å². The van der Waals surface area contributed by atoms with Gasteiger partial charge in [0.2, 0.25) is 0 Å². The minimum atomic E-state index is -0.693. The molecule has 0 unspecified atom stereocenters. The number of hydrogen-bond acceptors (Lipinski definition) is 3. The lowest BCUT2D eigenvalue weighted by Crippen LogP contribution is -2.39. The molecule has 1 N–H and O–H groups in total. The molecule has 1 heterocycles. The Kier molecular flexibility index (Phi) is 8.67. The first-order valence-corrected chi connectivity index (χ1v) is 11.6. The number of carboxylic acids is 1. The van der Waals surface area contributed by atoms with Gasteiger partial charge in [-0.2, -0.15) is 0 Å². The van der Waals surface area contributed by atoms with E-state index in [4.69, 9.17) is 4.74 Å². The van der Waals surface area contributed by atoms with E-state index in [1.165, 1.54) is 16.7 Å². The molecule has 2 aromatic rings. The van der Waals surface area contributed by atoms with Gasteiger partial charge in [-0.15, -0.1) is 0 Å². The van der Waals surface area contributed by atoms with Crippen molar-refractivity contribution in [2.75, 3.05) is 19.6 Å². The minimum absolute atomic E-state index is 0.268. The molecule has 0 saturated carbocycles. The van der Waals surface area contributed by atoms with E-state index in [0.29, 0.717) is 18.9 Å². The summed E-state index contributed by atoms with van der Waals surface area (Å²) in [6.45, 7) is 13.0. The first-order chi connectivity index (χ1) is 15.9. The quantitative estimate of drug-likeness (QED) is 0.359. The van der Waals surface area contributed by atoms with Gasteiger partial charge in [-0.25, -0.2) is 0 Å². The maximum atomic E-state index is 11.4. The Labute approximate surface area is 197 Å². The van der Waals surface area contributed by atoms with Gasteiger partial charge >= 0.3 is 5.97 Å². The summed E-state index contributed by atoms with van der Waals surface area (Å²) >= 11 is 0. The Bertz CT molecular complexity index is 1040. The first-order valence-electron chi connectivity index (χ1n) is 11.6. The van der Waals surface area contributed by atoms with Crippen LogP contribution in [0.3, 0.4) is 0 Å². The van der Waals surface area contributed by atoms with Gasteiger partial charge in [0, 0.05) is 13.1 Å². The zero-order valence-corrected chi connectivity index (χ0v) is 20.0. The lowest BCUT2D eigenvalue weighted by molar-refractivity contribution is -0.143. The Morgan fingerprint density at radius 1 is 1.21 bits per heavy atom. The highest BCUT2D eigenvalue weighted by Crippen LogP contribution is 2.27. The number of aliphatic carboxylic acids is 1. The highest BCUT2D eigenvalue weighted by molar-refractivity contribution is 5.70. The molecule has 1 atom stereocenters. The smallest absolute Gasteiger partial charge is 0.307 e.